The largest absolute Gasteiger partial charge is 0.355 e. The Hall–Kier alpha value is -1.66. The smallest absolute Gasteiger partial charge is 0.238 e. The van der Waals surface area contributed by atoms with Crippen LogP contribution in [0.25, 0.3) is 0 Å². The number of carbonyl (C=O) groups excluding carboxylic acids is 2. The third-order valence-corrected chi connectivity index (χ3v) is 2.92. The van der Waals surface area contributed by atoms with E-state index in [0.29, 0.717) is 12.2 Å². The van der Waals surface area contributed by atoms with Crippen LogP contribution in [0.4, 0.5) is 10.1 Å². The van der Waals surface area contributed by atoms with Crippen LogP contribution in [0.1, 0.15) is 13.3 Å². The van der Waals surface area contributed by atoms with Gasteiger partial charge in [-0.2, -0.15) is 0 Å². The lowest BCUT2D eigenvalue weighted by atomic mass is 10.3. The van der Waals surface area contributed by atoms with Crippen LogP contribution >= 0.6 is 11.6 Å². The lowest BCUT2D eigenvalue weighted by Crippen LogP contribution is -2.39. The van der Waals surface area contributed by atoms with E-state index in [9.17, 15) is 14.0 Å². The Morgan fingerprint density at radius 3 is 2.57 bits per heavy atom. The SMILES string of the molecule is CCCNC(=O)CN(C)CC(=O)Nc1ccc(F)cc1Cl. The van der Waals surface area contributed by atoms with Crippen LogP contribution in [0.5, 0.6) is 0 Å². The summed E-state index contributed by atoms with van der Waals surface area (Å²) in [7, 11) is 1.66. The first kappa shape index (κ1) is 17.4. The maximum absolute atomic E-state index is 12.9. The number of anilines is 1. The average molecular weight is 316 g/mol. The molecule has 5 nitrogen and oxygen atoms in total. The molecule has 0 radical (unpaired) electrons. The number of nitrogens with one attached hydrogen (secondary N) is 2. The van der Waals surface area contributed by atoms with Gasteiger partial charge in [0.1, 0.15) is 5.82 Å². The second-order valence-corrected chi connectivity index (χ2v) is 5.10. The van der Waals surface area contributed by atoms with Crippen LogP contribution in [0.15, 0.2) is 18.2 Å². The number of amides is 2. The molecule has 0 aliphatic heterocycles. The van der Waals surface area contributed by atoms with E-state index in [1.54, 1.807) is 11.9 Å². The molecule has 0 fully saturated rings. The number of carbonyl (C=O) groups is 2. The van der Waals surface area contributed by atoms with E-state index in [4.69, 9.17) is 11.6 Å². The van der Waals surface area contributed by atoms with Crippen LogP contribution in [-0.2, 0) is 9.59 Å². The molecule has 7 heteroatoms. The minimum absolute atomic E-state index is 0.0350. The molecular formula is C14H19ClFN3O2. The van der Waals surface area contributed by atoms with Gasteiger partial charge in [0.2, 0.25) is 11.8 Å². The van der Waals surface area contributed by atoms with Crippen molar-refractivity contribution in [2.75, 3.05) is 32.0 Å². The van der Waals surface area contributed by atoms with Crippen LogP contribution in [-0.4, -0.2) is 43.4 Å². The quantitative estimate of drug-likeness (QED) is 0.807. The van der Waals surface area contributed by atoms with Crippen molar-refractivity contribution in [2.24, 2.45) is 0 Å². The van der Waals surface area contributed by atoms with Crippen molar-refractivity contribution in [2.45, 2.75) is 13.3 Å². The number of hydrogen-bond acceptors (Lipinski definition) is 3. The Balaban J connectivity index is 2.44. The molecule has 0 saturated carbocycles. The van der Waals surface area contributed by atoms with Gasteiger partial charge in [0, 0.05) is 6.54 Å². The standard InChI is InChI=1S/C14H19ClFN3O2/c1-3-6-17-13(20)8-19(2)9-14(21)18-12-5-4-10(16)7-11(12)15/h4-5,7H,3,6,8-9H2,1-2H3,(H,17,20)(H,18,21). The van der Waals surface area contributed by atoms with E-state index >= 15 is 0 Å². The first-order chi connectivity index (χ1) is 9.92. The fraction of sp³-hybridized carbons (Fsp3) is 0.429. The Bertz CT molecular complexity index is 511. The van der Waals surface area contributed by atoms with Crippen molar-refractivity contribution in [1.29, 1.82) is 0 Å². The molecule has 2 N–H and O–H groups in total. The molecule has 0 atom stereocenters. The summed E-state index contributed by atoms with van der Waals surface area (Å²) in [4.78, 5) is 24.9. The number of likely N-dealkylation sites (N-methyl/N-ethyl adjacent to an activating group) is 1. The van der Waals surface area contributed by atoms with Crippen molar-refractivity contribution in [3.05, 3.63) is 29.0 Å². The molecule has 116 valence electrons. The van der Waals surface area contributed by atoms with Crippen molar-refractivity contribution in [3.8, 4) is 0 Å². The minimum Gasteiger partial charge on any atom is -0.355 e. The highest BCUT2D eigenvalue weighted by molar-refractivity contribution is 6.33. The molecule has 21 heavy (non-hydrogen) atoms. The number of rotatable bonds is 7. The van der Waals surface area contributed by atoms with Gasteiger partial charge < -0.3 is 10.6 Å². The van der Waals surface area contributed by atoms with E-state index in [2.05, 4.69) is 10.6 Å². The molecule has 0 heterocycles. The monoisotopic (exact) mass is 315 g/mol. The molecule has 1 rings (SSSR count). The van der Waals surface area contributed by atoms with Crippen molar-refractivity contribution >= 4 is 29.1 Å². The van der Waals surface area contributed by atoms with Gasteiger partial charge >= 0.3 is 0 Å². The lowest BCUT2D eigenvalue weighted by molar-refractivity contribution is -0.122. The second-order valence-electron chi connectivity index (χ2n) is 4.69. The minimum atomic E-state index is -0.470. The summed E-state index contributed by atoms with van der Waals surface area (Å²) in [5, 5.41) is 5.43. The summed E-state index contributed by atoms with van der Waals surface area (Å²) < 4.78 is 12.9. The summed E-state index contributed by atoms with van der Waals surface area (Å²) in [6.45, 7) is 2.74. The predicted octanol–water partition coefficient (Wildman–Crippen LogP) is 1.88. The summed E-state index contributed by atoms with van der Waals surface area (Å²) in [6.07, 6.45) is 0.860. The van der Waals surface area contributed by atoms with E-state index < -0.39 is 5.82 Å². The Morgan fingerprint density at radius 2 is 1.95 bits per heavy atom. The molecule has 0 bridgehead atoms. The topological polar surface area (TPSA) is 61.4 Å². The lowest BCUT2D eigenvalue weighted by Gasteiger charge is -2.16. The maximum atomic E-state index is 12.9. The summed E-state index contributed by atoms with van der Waals surface area (Å²) in [5.74, 6) is -0.927. The van der Waals surface area contributed by atoms with Crippen LogP contribution in [0, 0.1) is 5.82 Å². The Morgan fingerprint density at radius 1 is 1.29 bits per heavy atom. The number of nitrogens with zero attached hydrogens (tertiary/aromatic N) is 1. The first-order valence-corrected chi connectivity index (χ1v) is 7.00. The van der Waals surface area contributed by atoms with Gasteiger partial charge in [-0.3, -0.25) is 14.5 Å². The third kappa shape index (κ3) is 6.55. The van der Waals surface area contributed by atoms with Gasteiger partial charge in [-0.25, -0.2) is 4.39 Å². The molecule has 0 unspecified atom stereocenters. The second kappa shape index (κ2) is 8.59. The Kier molecular flexibility index (Phi) is 7.11. The fourth-order valence-electron chi connectivity index (χ4n) is 1.65. The molecule has 0 aromatic heterocycles. The van der Waals surface area contributed by atoms with Gasteiger partial charge in [-0.05, 0) is 31.7 Å². The average Bonchev–Trinajstić information content (AvgIpc) is 2.39. The van der Waals surface area contributed by atoms with Gasteiger partial charge in [-0.15, -0.1) is 0 Å². The zero-order valence-electron chi connectivity index (χ0n) is 12.1. The fourth-order valence-corrected chi connectivity index (χ4v) is 1.86. The van der Waals surface area contributed by atoms with Crippen molar-refractivity contribution in [3.63, 3.8) is 0 Å². The molecule has 0 aliphatic rings. The number of halogens is 2. The van der Waals surface area contributed by atoms with E-state index in [1.165, 1.54) is 12.1 Å². The molecule has 1 aromatic carbocycles. The third-order valence-electron chi connectivity index (χ3n) is 2.60. The van der Waals surface area contributed by atoms with Gasteiger partial charge in [0.05, 0.1) is 23.8 Å². The van der Waals surface area contributed by atoms with Gasteiger partial charge in [-0.1, -0.05) is 18.5 Å². The maximum Gasteiger partial charge on any atom is 0.238 e. The van der Waals surface area contributed by atoms with Gasteiger partial charge in [0.15, 0.2) is 0 Å². The van der Waals surface area contributed by atoms with Crippen LogP contribution in [0.3, 0.4) is 0 Å². The number of hydrogen-bond donors (Lipinski definition) is 2. The zero-order chi connectivity index (χ0) is 15.8. The van der Waals surface area contributed by atoms with E-state index in [0.717, 1.165) is 12.5 Å². The summed E-state index contributed by atoms with van der Waals surface area (Å²) in [5.41, 5.74) is 0.340. The molecule has 2 amide bonds. The summed E-state index contributed by atoms with van der Waals surface area (Å²) in [6, 6.07) is 3.73. The van der Waals surface area contributed by atoms with Crippen molar-refractivity contribution in [1.82, 2.24) is 10.2 Å². The van der Waals surface area contributed by atoms with E-state index in [-0.39, 0.29) is 29.9 Å². The molecular weight excluding hydrogens is 297 g/mol. The van der Waals surface area contributed by atoms with E-state index in [1.807, 2.05) is 6.92 Å². The van der Waals surface area contributed by atoms with Crippen LogP contribution < -0.4 is 10.6 Å². The molecule has 0 aliphatic carbocycles. The zero-order valence-corrected chi connectivity index (χ0v) is 12.8. The number of benzene rings is 1. The van der Waals surface area contributed by atoms with Crippen LogP contribution in [0.2, 0.25) is 5.02 Å². The highest BCUT2D eigenvalue weighted by Gasteiger charge is 2.12. The molecule has 1 aromatic rings. The van der Waals surface area contributed by atoms with Gasteiger partial charge in [0.25, 0.3) is 0 Å². The highest BCUT2D eigenvalue weighted by Crippen LogP contribution is 2.22. The predicted molar refractivity (Wildman–Crippen MR) is 80.8 cm³/mol. The Labute approximate surface area is 128 Å². The normalized spacial score (nSPS) is 10.5. The molecule has 0 spiro atoms. The molecule has 0 saturated heterocycles. The van der Waals surface area contributed by atoms with Crippen molar-refractivity contribution < 1.29 is 14.0 Å². The summed E-state index contributed by atoms with van der Waals surface area (Å²) >= 11 is 5.82. The highest BCUT2D eigenvalue weighted by atomic mass is 35.5. The first-order valence-electron chi connectivity index (χ1n) is 6.62.